The molecule has 1 aliphatic carbocycles. The van der Waals surface area contributed by atoms with Crippen molar-refractivity contribution >= 4 is 36.9 Å². The first kappa shape index (κ1) is 21.7. The van der Waals surface area contributed by atoms with E-state index in [-0.39, 0.29) is 16.1 Å². The Kier molecular flexibility index (Phi) is 4.84. The highest BCUT2D eigenvalue weighted by Crippen LogP contribution is 2.34. The van der Waals surface area contributed by atoms with Gasteiger partial charge < -0.3 is 0 Å². The minimum atomic E-state index is -3.83. The minimum Gasteiger partial charge on any atom is -0.274 e. The second-order valence-corrected chi connectivity index (χ2v) is 13.2. The van der Waals surface area contributed by atoms with Crippen molar-refractivity contribution in [3.05, 3.63) is 54.1 Å². The lowest BCUT2D eigenvalue weighted by atomic mass is 10.0. The fourth-order valence-corrected chi connectivity index (χ4v) is 7.90. The molecule has 178 valence electrons. The van der Waals surface area contributed by atoms with E-state index < -0.39 is 20.0 Å². The Bertz CT molecular complexity index is 1620. The van der Waals surface area contributed by atoms with Crippen molar-refractivity contribution in [1.29, 1.82) is 0 Å². The Morgan fingerprint density at radius 3 is 2.50 bits per heavy atom. The lowest BCUT2D eigenvalue weighted by Crippen LogP contribution is -2.32. The summed E-state index contributed by atoms with van der Waals surface area (Å²) in [5.74, 6) is 0.797. The van der Waals surface area contributed by atoms with Gasteiger partial charge in [0.05, 0.1) is 21.9 Å². The Morgan fingerprint density at radius 1 is 1.00 bits per heavy atom. The molecule has 10 nitrogen and oxygen atoms in total. The number of benzene rings is 1. The predicted molar refractivity (Wildman–Crippen MR) is 125 cm³/mol. The van der Waals surface area contributed by atoms with Crippen molar-refractivity contribution in [2.75, 3.05) is 13.1 Å². The molecule has 1 aromatic carbocycles. The molecule has 0 bridgehead atoms. The normalized spacial score (nSPS) is 20.0. The molecule has 34 heavy (non-hydrogen) atoms. The van der Waals surface area contributed by atoms with Crippen molar-refractivity contribution in [1.82, 2.24) is 27.9 Å². The topological polar surface area (TPSA) is 120 Å². The van der Waals surface area contributed by atoms with Crippen LogP contribution in [0.5, 0.6) is 0 Å². The summed E-state index contributed by atoms with van der Waals surface area (Å²) >= 11 is 0. The van der Waals surface area contributed by atoms with Crippen molar-refractivity contribution in [3.63, 3.8) is 0 Å². The standard InChI is InChI=1S/C22H24N6O4S2/c1-15-2-4-18(5-3-15)34(31,32)27-11-9-19-22(27)23-13-21-25-24-20(28(19)21)12-16-8-10-26(14-16)33(29,30)17-6-7-17/h2-5,9,11,13,16-17H,6-8,10,12,14H2,1H3/t16-/m0/s1. The molecule has 0 amide bonds. The lowest BCUT2D eigenvalue weighted by Gasteiger charge is -2.15. The SMILES string of the molecule is Cc1ccc(S(=O)(=O)n2ccc3c2ncc2nnc(C[C@@H]4CCN(S(=O)(=O)C5CC5)C4)n23)cc1. The maximum Gasteiger partial charge on any atom is 0.269 e. The average Bonchev–Trinajstić information content (AvgIpc) is 3.23. The van der Waals surface area contributed by atoms with E-state index in [0.29, 0.717) is 42.1 Å². The van der Waals surface area contributed by atoms with Gasteiger partial charge in [-0.25, -0.2) is 30.1 Å². The summed E-state index contributed by atoms with van der Waals surface area (Å²) in [4.78, 5) is 4.55. The molecule has 4 heterocycles. The van der Waals surface area contributed by atoms with E-state index in [1.165, 1.54) is 16.4 Å². The zero-order valence-corrected chi connectivity index (χ0v) is 20.2. The molecule has 1 saturated carbocycles. The molecule has 0 N–H and O–H groups in total. The molecular formula is C22H24N6O4S2. The van der Waals surface area contributed by atoms with Gasteiger partial charge in [-0.1, -0.05) is 17.7 Å². The van der Waals surface area contributed by atoms with E-state index >= 15 is 0 Å². The van der Waals surface area contributed by atoms with Crippen LogP contribution in [0, 0.1) is 12.8 Å². The summed E-state index contributed by atoms with van der Waals surface area (Å²) in [6.45, 7) is 2.91. The average molecular weight is 501 g/mol. The third-order valence-corrected chi connectivity index (χ3v) is 10.8. The van der Waals surface area contributed by atoms with Crippen LogP contribution in [0.3, 0.4) is 0 Å². The van der Waals surface area contributed by atoms with Gasteiger partial charge in [-0.2, -0.15) is 0 Å². The van der Waals surface area contributed by atoms with E-state index in [9.17, 15) is 16.8 Å². The van der Waals surface area contributed by atoms with Crippen LogP contribution >= 0.6 is 0 Å². The highest BCUT2D eigenvalue weighted by molar-refractivity contribution is 7.90. The Hall–Kier alpha value is -2.83. The van der Waals surface area contributed by atoms with Gasteiger partial charge >= 0.3 is 0 Å². The quantitative estimate of drug-likeness (QED) is 0.397. The number of rotatable bonds is 6. The predicted octanol–water partition coefficient (Wildman–Crippen LogP) is 1.98. The number of fused-ring (bicyclic) bond motifs is 3. The Morgan fingerprint density at radius 2 is 1.76 bits per heavy atom. The van der Waals surface area contributed by atoms with Gasteiger partial charge in [0.2, 0.25) is 10.0 Å². The van der Waals surface area contributed by atoms with Crippen LogP contribution in [0.15, 0.2) is 47.6 Å². The lowest BCUT2D eigenvalue weighted by molar-refractivity contribution is 0.452. The molecule has 1 saturated heterocycles. The minimum absolute atomic E-state index is 0.127. The highest BCUT2D eigenvalue weighted by Gasteiger charge is 2.42. The molecule has 4 aromatic rings. The van der Waals surface area contributed by atoms with Crippen LogP contribution in [0.4, 0.5) is 0 Å². The molecule has 6 rings (SSSR count). The fraction of sp³-hybridized carbons (Fsp3) is 0.409. The van der Waals surface area contributed by atoms with Crippen LogP contribution in [-0.2, 0) is 26.5 Å². The largest absolute Gasteiger partial charge is 0.274 e. The van der Waals surface area contributed by atoms with Gasteiger partial charge in [-0.05, 0) is 50.3 Å². The summed E-state index contributed by atoms with van der Waals surface area (Å²) in [7, 11) is -7.01. The van der Waals surface area contributed by atoms with Crippen LogP contribution in [0.1, 0.15) is 30.7 Å². The highest BCUT2D eigenvalue weighted by atomic mass is 32.2. The second-order valence-electron chi connectivity index (χ2n) is 9.17. The molecule has 1 aliphatic heterocycles. The van der Waals surface area contributed by atoms with Crippen LogP contribution in [0.25, 0.3) is 16.8 Å². The smallest absolute Gasteiger partial charge is 0.269 e. The van der Waals surface area contributed by atoms with Crippen molar-refractivity contribution in [2.24, 2.45) is 5.92 Å². The molecule has 12 heteroatoms. The van der Waals surface area contributed by atoms with Gasteiger partial charge in [0, 0.05) is 25.7 Å². The van der Waals surface area contributed by atoms with Crippen LogP contribution < -0.4 is 0 Å². The summed E-state index contributed by atoms with van der Waals surface area (Å²) in [5.41, 5.74) is 2.38. The fourth-order valence-electron chi connectivity index (χ4n) is 4.67. The Labute approximate surface area is 197 Å². The van der Waals surface area contributed by atoms with Crippen molar-refractivity contribution in [3.8, 4) is 0 Å². The van der Waals surface area contributed by atoms with Gasteiger partial charge in [0.1, 0.15) is 5.82 Å². The van der Waals surface area contributed by atoms with Crippen LogP contribution in [0.2, 0.25) is 0 Å². The van der Waals surface area contributed by atoms with E-state index in [0.717, 1.165) is 24.8 Å². The maximum absolute atomic E-state index is 13.3. The second kappa shape index (κ2) is 7.59. The summed E-state index contributed by atoms with van der Waals surface area (Å²) in [6.07, 6.45) is 5.83. The number of aromatic nitrogens is 5. The Balaban J connectivity index is 1.34. The van der Waals surface area contributed by atoms with Gasteiger partial charge in [0.15, 0.2) is 11.3 Å². The number of sulfonamides is 1. The summed E-state index contributed by atoms with van der Waals surface area (Å²) in [6, 6.07) is 8.39. The van der Waals surface area contributed by atoms with E-state index in [2.05, 4.69) is 15.2 Å². The van der Waals surface area contributed by atoms with Crippen LogP contribution in [-0.4, -0.2) is 63.0 Å². The summed E-state index contributed by atoms with van der Waals surface area (Å²) in [5, 5.41) is 8.34. The zero-order chi connectivity index (χ0) is 23.7. The molecule has 1 atom stereocenters. The number of hydrogen-bond acceptors (Lipinski definition) is 7. The first-order valence-electron chi connectivity index (χ1n) is 11.3. The molecule has 0 spiro atoms. The van der Waals surface area contributed by atoms with E-state index in [1.807, 2.05) is 11.3 Å². The van der Waals surface area contributed by atoms with E-state index in [1.54, 1.807) is 34.6 Å². The molecule has 2 aliphatic rings. The molecule has 0 radical (unpaired) electrons. The van der Waals surface area contributed by atoms with Gasteiger partial charge in [0.25, 0.3) is 10.0 Å². The van der Waals surface area contributed by atoms with E-state index in [4.69, 9.17) is 0 Å². The van der Waals surface area contributed by atoms with Gasteiger partial charge in [-0.3, -0.25) is 4.40 Å². The number of hydrogen-bond donors (Lipinski definition) is 0. The number of aryl methyl sites for hydroxylation is 1. The van der Waals surface area contributed by atoms with Gasteiger partial charge in [-0.15, -0.1) is 10.2 Å². The monoisotopic (exact) mass is 500 g/mol. The first-order valence-corrected chi connectivity index (χ1v) is 14.2. The van der Waals surface area contributed by atoms with Crippen molar-refractivity contribution in [2.45, 2.75) is 42.8 Å². The van der Waals surface area contributed by atoms with Crippen molar-refractivity contribution < 1.29 is 16.8 Å². The first-order chi connectivity index (χ1) is 16.2. The molecule has 3 aromatic heterocycles. The third kappa shape index (κ3) is 3.43. The third-order valence-electron chi connectivity index (χ3n) is 6.71. The maximum atomic E-state index is 13.3. The zero-order valence-electron chi connectivity index (χ0n) is 18.6. The molecule has 0 unspecified atom stereocenters. The number of nitrogens with zero attached hydrogens (tertiary/aromatic N) is 6. The molecule has 2 fully saturated rings. The molecular weight excluding hydrogens is 476 g/mol. The summed E-state index contributed by atoms with van der Waals surface area (Å²) < 4.78 is 56.3.